The number of anilines is 1. The smallest absolute Gasteiger partial charge is 0.408 e. The molecule has 9 atom stereocenters. The summed E-state index contributed by atoms with van der Waals surface area (Å²) in [5.74, 6) is -1.15. The van der Waals surface area contributed by atoms with Crippen LogP contribution in [-0.2, 0) is 62.2 Å². The van der Waals surface area contributed by atoms with Gasteiger partial charge in [0.1, 0.15) is 24.4 Å². The predicted octanol–water partition coefficient (Wildman–Crippen LogP) is 5.72. The molecular formula is C39H52FIN12O13P2SSi. The molecule has 25 nitrogen and oxygen atoms in total. The molecule has 0 saturated carbocycles. The zero-order valence-corrected chi connectivity index (χ0v) is 44.7. The van der Waals surface area contributed by atoms with Crippen molar-refractivity contribution in [1.29, 1.82) is 15.8 Å². The van der Waals surface area contributed by atoms with Crippen LogP contribution in [0.5, 0.6) is 0 Å². The van der Waals surface area contributed by atoms with Gasteiger partial charge in [0.2, 0.25) is 11.9 Å². The van der Waals surface area contributed by atoms with E-state index in [1.54, 1.807) is 13.8 Å². The second-order valence-electron chi connectivity index (χ2n) is 17.6. The molecule has 2 aliphatic rings. The number of hydrogen-bond acceptors (Lipinski definition) is 21. The van der Waals surface area contributed by atoms with Crippen molar-refractivity contribution in [3.05, 3.63) is 39.7 Å². The molecule has 0 radical (unpaired) electrons. The van der Waals surface area contributed by atoms with Gasteiger partial charge in [-0.2, -0.15) is 20.8 Å². The van der Waals surface area contributed by atoms with Crippen LogP contribution in [0.3, 0.4) is 0 Å². The Morgan fingerprint density at radius 3 is 2.07 bits per heavy atom. The van der Waals surface area contributed by atoms with Crippen molar-refractivity contribution in [3.63, 3.8) is 0 Å². The first-order chi connectivity index (χ1) is 33.1. The molecule has 31 heteroatoms. The van der Waals surface area contributed by atoms with Crippen molar-refractivity contribution in [2.45, 2.75) is 121 Å². The summed E-state index contributed by atoms with van der Waals surface area (Å²) in [5, 5.41) is 30.2. The lowest BCUT2D eigenvalue weighted by Gasteiger charge is -2.41. The Kier molecular flexibility index (Phi) is 18.4. The number of nitrogens with one attached hydrogen (secondary N) is 3. The van der Waals surface area contributed by atoms with Crippen LogP contribution in [0, 0.1) is 39.9 Å². The lowest BCUT2D eigenvalue weighted by Crippen LogP contribution is -2.50. The number of amides is 1. The molecule has 380 valence electrons. The Morgan fingerprint density at radius 1 is 0.900 bits per heavy atom. The first-order valence-corrected chi connectivity index (χ1v) is 30.2. The number of phosphoric ester groups is 1. The maximum atomic E-state index is 16.7. The van der Waals surface area contributed by atoms with Gasteiger partial charge in [-0.1, -0.05) is 57.2 Å². The number of halogens is 2. The van der Waals surface area contributed by atoms with Gasteiger partial charge in [-0.15, -0.1) is 0 Å². The minimum atomic E-state index is -4.94. The molecule has 0 aliphatic carbocycles. The fourth-order valence-electron chi connectivity index (χ4n) is 6.76. The second kappa shape index (κ2) is 23.3. The summed E-state index contributed by atoms with van der Waals surface area (Å²) in [5.41, 5.74) is -1.60. The summed E-state index contributed by atoms with van der Waals surface area (Å²) in [6.07, 6.45) is -8.52. The number of H-pyrrole nitrogens is 2. The zero-order valence-electron chi connectivity index (χ0n) is 39.0. The largest absolute Gasteiger partial charge is 0.475 e. The maximum Gasteiger partial charge on any atom is 0.475 e. The molecule has 0 spiro atoms. The van der Waals surface area contributed by atoms with Gasteiger partial charge in [0.25, 0.3) is 11.1 Å². The topological polar surface area (TPSA) is 328 Å². The van der Waals surface area contributed by atoms with Crippen LogP contribution in [0.15, 0.2) is 28.6 Å². The number of hydrogen-bond donors (Lipinski definition) is 3. The van der Waals surface area contributed by atoms with E-state index in [2.05, 4.69) is 35.2 Å². The minimum absolute atomic E-state index is 0.0185. The molecule has 2 saturated heterocycles. The van der Waals surface area contributed by atoms with Crippen molar-refractivity contribution in [2.75, 3.05) is 36.2 Å². The van der Waals surface area contributed by atoms with Gasteiger partial charge < -0.3 is 27.9 Å². The average molecular weight is 1160 g/mol. The van der Waals surface area contributed by atoms with Gasteiger partial charge in [-0.3, -0.25) is 51.9 Å². The Hall–Kier alpha value is -3.96. The molecule has 4 aromatic rings. The number of ether oxygens (including phenoxy) is 2. The Balaban J connectivity index is 1.43. The first kappa shape index (κ1) is 55.4. The summed E-state index contributed by atoms with van der Waals surface area (Å²) >= 11 is 7.84. The van der Waals surface area contributed by atoms with Gasteiger partial charge in [-0.05, 0) is 29.9 Å². The van der Waals surface area contributed by atoms with E-state index in [1.165, 1.54) is 21.8 Å². The predicted molar refractivity (Wildman–Crippen MR) is 260 cm³/mol. The molecule has 6 heterocycles. The lowest BCUT2D eigenvalue weighted by molar-refractivity contribution is -0.118. The summed E-state index contributed by atoms with van der Waals surface area (Å²) in [6, 6.07) is 5.83. The third kappa shape index (κ3) is 12.6. The Bertz CT molecular complexity index is 2840. The molecule has 0 aromatic carbocycles. The fourth-order valence-corrected chi connectivity index (χ4v) is 12.3. The number of phosphoric acid groups is 1. The molecule has 1 unspecified atom stereocenters. The molecule has 1 amide bonds. The highest BCUT2D eigenvalue weighted by Crippen LogP contribution is 2.57. The van der Waals surface area contributed by atoms with Crippen LogP contribution in [-0.4, -0.2) is 121 Å². The zero-order chi connectivity index (χ0) is 51.2. The van der Waals surface area contributed by atoms with E-state index in [9.17, 15) is 34.7 Å². The minimum Gasteiger partial charge on any atom is -0.408 e. The number of nitrogens with zero attached hydrogens (tertiary/aromatic N) is 9. The number of rotatable bonds is 23. The molecule has 4 aromatic heterocycles. The van der Waals surface area contributed by atoms with Crippen molar-refractivity contribution in [3.8, 4) is 18.2 Å². The van der Waals surface area contributed by atoms with Gasteiger partial charge >= 0.3 is 14.5 Å². The second-order valence-corrected chi connectivity index (χ2v) is 27.8. The number of alkyl halides is 2. The number of nitriles is 3. The van der Waals surface area contributed by atoms with Crippen LogP contribution < -0.4 is 16.4 Å². The number of imidazole rings is 2. The maximum absolute atomic E-state index is 16.7. The third-order valence-corrected chi connectivity index (χ3v) is 20.5. The van der Waals surface area contributed by atoms with E-state index < -0.39 is 113 Å². The van der Waals surface area contributed by atoms with Gasteiger partial charge in [0, 0.05) is 10.3 Å². The van der Waals surface area contributed by atoms with Crippen molar-refractivity contribution in [2.24, 2.45) is 5.92 Å². The van der Waals surface area contributed by atoms with Crippen molar-refractivity contribution in [1.82, 2.24) is 39.0 Å². The Labute approximate surface area is 420 Å². The highest BCUT2D eigenvalue weighted by atomic mass is 127. The highest BCUT2D eigenvalue weighted by Gasteiger charge is 2.56. The van der Waals surface area contributed by atoms with E-state index in [4.69, 9.17) is 52.8 Å². The highest BCUT2D eigenvalue weighted by molar-refractivity contribution is 14.1. The van der Waals surface area contributed by atoms with E-state index in [1.807, 2.05) is 74.7 Å². The molecule has 70 heavy (non-hydrogen) atoms. The molecule has 2 aliphatic heterocycles. The van der Waals surface area contributed by atoms with Gasteiger partial charge in [0.15, 0.2) is 49.3 Å². The first-order valence-electron chi connectivity index (χ1n) is 21.7. The number of aromatic nitrogens is 8. The summed E-state index contributed by atoms with van der Waals surface area (Å²) in [7, 11) is -7.87. The summed E-state index contributed by atoms with van der Waals surface area (Å²) in [6.45, 7) is 7.52. The van der Waals surface area contributed by atoms with Gasteiger partial charge in [0.05, 0.1) is 89.0 Å². The summed E-state index contributed by atoms with van der Waals surface area (Å²) < 4.78 is 90.4. The van der Waals surface area contributed by atoms with E-state index in [-0.39, 0.29) is 65.2 Å². The van der Waals surface area contributed by atoms with Crippen LogP contribution in [0.1, 0.15) is 66.3 Å². The molecule has 6 rings (SSSR count). The van der Waals surface area contributed by atoms with Gasteiger partial charge in [-0.25, -0.2) is 23.9 Å². The number of carbonyl (C=O) groups excluding carboxylic acids is 1. The number of aromatic amines is 2. The molecular weight excluding hydrogens is 1110 g/mol. The van der Waals surface area contributed by atoms with Crippen LogP contribution in [0.25, 0.3) is 22.3 Å². The van der Waals surface area contributed by atoms with Crippen LogP contribution in [0.4, 0.5) is 10.3 Å². The molecule has 2 fully saturated rings. The normalized spacial score (nSPS) is 23.9. The quantitative estimate of drug-likeness (QED) is 0.0263. The lowest BCUT2D eigenvalue weighted by atomic mass is 10.1. The molecule has 3 N–H and O–H groups in total. The monoisotopic (exact) mass is 1160 g/mol. The third-order valence-electron chi connectivity index (χ3n) is 11.3. The Morgan fingerprint density at radius 2 is 1.49 bits per heavy atom. The number of carbonyl (C=O) groups is 1. The van der Waals surface area contributed by atoms with E-state index in [0.717, 1.165) is 6.33 Å². The fraction of sp³-hybridized carbons (Fsp3) is 0.641. The van der Waals surface area contributed by atoms with E-state index >= 15 is 4.39 Å². The standard InChI is InChI=1S/C39H52FIN12O13P2SSi/c1-22(2)33(54)50-38-49-32-27(35(56)51-38)48-21-53(32)37-30(65-68(69,59-15-9-12-43)60-16-10-13-44)29(66-70(6,7)39(3,4)5)24(63-37)18-61-67(57,58-14-8-11-42)64-28-23(17-41)62-36(25(28)40)52-20-47-26-31(52)45-19-46-34(26)55/h19-25,28-30,36-37H,8-10,14-18H2,1-7H3,(H,45,46,55)(H2,49,50,51,54,56)/t23-,24-,25-,28-,29-,30-,36-,37-,67?/m1/s1. The van der Waals surface area contributed by atoms with Crippen molar-refractivity contribution < 1.29 is 54.8 Å². The van der Waals surface area contributed by atoms with Crippen LogP contribution >= 0.6 is 37.1 Å². The van der Waals surface area contributed by atoms with E-state index in [0.29, 0.717) is 0 Å². The average Bonchev–Trinajstić information content (AvgIpc) is 4.07. The summed E-state index contributed by atoms with van der Waals surface area (Å²) in [4.78, 5) is 60.5. The van der Waals surface area contributed by atoms with Crippen molar-refractivity contribution >= 4 is 91.4 Å². The SMILES string of the molecule is CC(C)C(=O)Nc1nc2c(ncn2[C@@H]2O[C@H](COP(=O)(OCCC#N)O[C@H]3[C@@H](F)[C@H](n4cnc5c(=O)[nH]cnc54)O[C@@H]3CI)[C@@H](O[Si](C)(C)C(C)(C)C)[C@H]2OP(=S)(OCCC#N)OCCC#N)c(=O)[nH]1. The molecule has 0 bridgehead atoms. The van der Waals surface area contributed by atoms with Crippen LogP contribution in [0.2, 0.25) is 18.1 Å². The number of fused-ring (bicyclic) bond motifs is 2.